The summed E-state index contributed by atoms with van der Waals surface area (Å²) in [6.07, 6.45) is 4.77. The average Bonchev–Trinajstić information content (AvgIpc) is 2.93. The van der Waals surface area contributed by atoms with E-state index in [0.29, 0.717) is 12.6 Å². The molecule has 5 heteroatoms. The zero-order valence-electron chi connectivity index (χ0n) is 16.6. The lowest BCUT2D eigenvalue weighted by Gasteiger charge is -2.30. The van der Waals surface area contributed by atoms with Crippen LogP contribution in [0.4, 0.5) is 0 Å². The van der Waals surface area contributed by atoms with Crippen molar-refractivity contribution in [3.8, 4) is 5.75 Å². The first kappa shape index (κ1) is 18.7. The Hall–Kier alpha value is -2.66. The second kappa shape index (κ2) is 8.15. The molecule has 1 aliphatic heterocycles. The Kier molecular flexibility index (Phi) is 5.44. The van der Waals surface area contributed by atoms with Gasteiger partial charge in [0.05, 0.1) is 12.8 Å². The van der Waals surface area contributed by atoms with E-state index < -0.39 is 0 Å². The summed E-state index contributed by atoms with van der Waals surface area (Å²) in [5.41, 5.74) is 3.77. The van der Waals surface area contributed by atoms with Gasteiger partial charge in [-0.2, -0.15) is 0 Å². The Bertz CT molecular complexity index is 1010. The average molecular weight is 377 g/mol. The molecule has 0 bridgehead atoms. The summed E-state index contributed by atoms with van der Waals surface area (Å²) in [5, 5.41) is 0. The summed E-state index contributed by atoms with van der Waals surface area (Å²) in [7, 11) is 1.69. The molecular weight excluding hydrogens is 350 g/mol. The molecule has 0 N–H and O–H groups in total. The van der Waals surface area contributed by atoms with Crippen molar-refractivity contribution >= 4 is 5.65 Å². The lowest BCUT2D eigenvalue weighted by molar-refractivity contribution is 0.190. The summed E-state index contributed by atoms with van der Waals surface area (Å²) < 4.78 is 6.98. The fourth-order valence-electron chi connectivity index (χ4n) is 4.21. The Balaban J connectivity index is 1.65. The lowest BCUT2D eigenvalue weighted by Crippen LogP contribution is -2.29. The Morgan fingerprint density at radius 3 is 2.71 bits per heavy atom. The van der Waals surface area contributed by atoms with Crippen LogP contribution in [0.1, 0.15) is 48.7 Å². The monoisotopic (exact) mass is 377 g/mol. The molecule has 1 saturated heterocycles. The van der Waals surface area contributed by atoms with Gasteiger partial charge in [0.1, 0.15) is 11.4 Å². The summed E-state index contributed by atoms with van der Waals surface area (Å²) in [4.78, 5) is 19.9. The number of fused-ring (bicyclic) bond motifs is 1. The number of rotatable bonds is 4. The van der Waals surface area contributed by atoms with Crippen LogP contribution in [0.5, 0.6) is 5.75 Å². The highest BCUT2D eigenvalue weighted by Crippen LogP contribution is 2.32. The molecule has 146 valence electrons. The van der Waals surface area contributed by atoms with Crippen LogP contribution in [-0.2, 0) is 6.54 Å². The molecule has 0 radical (unpaired) electrons. The van der Waals surface area contributed by atoms with Gasteiger partial charge < -0.3 is 4.74 Å². The quantitative estimate of drug-likeness (QED) is 0.686. The molecule has 3 aromatic rings. The number of aromatic nitrogens is 2. The van der Waals surface area contributed by atoms with Crippen LogP contribution in [0.15, 0.2) is 53.3 Å². The maximum absolute atomic E-state index is 12.6. The maximum Gasteiger partial charge on any atom is 0.258 e. The van der Waals surface area contributed by atoms with E-state index in [0.717, 1.165) is 35.8 Å². The van der Waals surface area contributed by atoms with Gasteiger partial charge in [-0.3, -0.25) is 14.1 Å². The highest BCUT2D eigenvalue weighted by Gasteiger charge is 2.23. The van der Waals surface area contributed by atoms with Crippen LogP contribution in [0.25, 0.3) is 5.65 Å². The van der Waals surface area contributed by atoms with Gasteiger partial charge >= 0.3 is 0 Å². The van der Waals surface area contributed by atoms with Crippen LogP contribution in [0.2, 0.25) is 0 Å². The number of likely N-dealkylation sites (tertiary alicyclic amines) is 1. The van der Waals surface area contributed by atoms with Gasteiger partial charge in [0, 0.05) is 24.3 Å². The summed E-state index contributed by atoms with van der Waals surface area (Å²) in [6.45, 7) is 3.65. The molecular formula is C23H27N3O2. The first-order valence-corrected chi connectivity index (χ1v) is 10.0. The minimum absolute atomic E-state index is 0.00563. The second-order valence-corrected chi connectivity index (χ2v) is 7.56. The number of pyridine rings is 1. The standard InChI is InChI=1S/C23H27N3O2/c1-17-7-6-9-22-24-19(15-23(27)26(17)22)16-25-14-5-3-4-8-21(25)18-10-12-20(28-2)13-11-18/h6-7,9-13,15,21H,3-5,8,14,16H2,1-2H3. The van der Waals surface area contributed by atoms with Crippen molar-refractivity contribution in [3.63, 3.8) is 0 Å². The Morgan fingerprint density at radius 1 is 1.11 bits per heavy atom. The highest BCUT2D eigenvalue weighted by molar-refractivity contribution is 5.40. The van der Waals surface area contributed by atoms with E-state index in [2.05, 4.69) is 17.0 Å². The Morgan fingerprint density at radius 2 is 1.93 bits per heavy atom. The molecule has 1 unspecified atom stereocenters. The lowest BCUT2D eigenvalue weighted by atomic mass is 10.0. The number of hydrogen-bond acceptors (Lipinski definition) is 4. The molecule has 3 heterocycles. The van der Waals surface area contributed by atoms with E-state index in [-0.39, 0.29) is 5.56 Å². The summed E-state index contributed by atoms with van der Waals surface area (Å²) in [6, 6.07) is 16.2. The minimum Gasteiger partial charge on any atom is -0.497 e. The molecule has 0 aliphatic carbocycles. The van der Waals surface area contributed by atoms with Crippen LogP contribution >= 0.6 is 0 Å². The van der Waals surface area contributed by atoms with Crippen molar-refractivity contribution in [2.45, 2.75) is 45.2 Å². The van der Waals surface area contributed by atoms with Crippen molar-refractivity contribution in [1.82, 2.24) is 14.3 Å². The van der Waals surface area contributed by atoms with Crippen molar-refractivity contribution < 1.29 is 4.74 Å². The zero-order chi connectivity index (χ0) is 19.5. The highest BCUT2D eigenvalue weighted by atomic mass is 16.5. The van der Waals surface area contributed by atoms with E-state index in [1.807, 2.05) is 37.3 Å². The zero-order valence-corrected chi connectivity index (χ0v) is 16.6. The van der Waals surface area contributed by atoms with Gasteiger partial charge in [0.25, 0.3) is 5.56 Å². The number of nitrogens with zero attached hydrogens (tertiary/aromatic N) is 3. The third kappa shape index (κ3) is 3.80. The molecule has 0 saturated carbocycles. The molecule has 28 heavy (non-hydrogen) atoms. The summed E-state index contributed by atoms with van der Waals surface area (Å²) >= 11 is 0. The van der Waals surface area contributed by atoms with E-state index in [9.17, 15) is 4.79 Å². The van der Waals surface area contributed by atoms with Gasteiger partial charge in [0.2, 0.25) is 0 Å². The third-order valence-corrected chi connectivity index (χ3v) is 5.66. The normalized spacial score (nSPS) is 18.1. The molecule has 0 amide bonds. The number of ether oxygens (including phenoxy) is 1. The molecule has 1 aromatic carbocycles. The predicted molar refractivity (Wildman–Crippen MR) is 111 cm³/mol. The van der Waals surface area contributed by atoms with E-state index in [4.69, 9.17) is 9.72 Å². The van der Waals surface area contributed by atoms with Gasteiger partial charge in [-0.25, -0.2) is 4.98 Å². The number of hydrogen-bond donors (Lipinski definition) is 0. The molecule has 1 fully saturated rings. The van der Waals surface area contributed by atoms with Crippen LogP contribution in [0, 0.1) is 6.92 Å². The first-order valence-electron chi connectivity index (χ1n) is 10.0. The maximum atomic E-state index is 12.6. The van der Waals surface area contributed by atoms with Crippen LogP contribution in [-0.4, -0.2) is 27.9 Å². The number of aryl methyl sites for hydroxylation is 1. The van der Waals surface area contributed by atoms with Crippen molar-refractivity contribution in [2.75, 3.05) is 13.7 Å². The van der Waals surface area contributed by atoms with Gasteiger partial charge in [0.15, 0.2) is 0 Å². The van der Waals surface area contributed by atoms with Gasteiger partial charge in [-0.05, 0) is 56.1 Å². The molecule has 0 spiro atoms. The van der Waals surface area contributed by atoms with Gasteiger partial charge in [-0.15, -0.1) is 0 Å². The van der Waals surface area contributed by atoms with E-state index >= 15 is 0 Å². The summed E-state index contributed by atoms with van der Waals surface area (Å²) in [5.74, 6) is 0.878. The fraction of sp³-hybridized carbons (Fsp3) is 0.391. The molecule has 2 aromatic heterocycles. The Labute approximate surface area is 165 Å². The predicted octanol–water partition coefficient (Wildman–Crippen LogP) is 4.13. The first-order chi connectivity index (χ1) is 13.7. The third-order valence-electron chi connectivity index (χ3n) is 5.66. The molecule has 1 aliphatic rings. The molecule has 1 atom stereocenters. The molecule has 5 nitrogen and oxygen atoms in total. The van der Waals surface area contributed by atoms with Crippen LogP contribution < -0.4 is 10.3 Å². The molecule has 4 rings (SSSR count). The van der Waals surface area contributed by atoms with Crippen molar-refractivity contribution in [1.29, 1.82) is 0 Å². The minimum atomic E-state index is -0.00563. The van der Waals surface area contributed by atoms with Crippen molar-refractivity contribution in [3.05, 3.63) is 75.8 Å². The van der Waals surface area contributed by atoms with Crippen LogP contribution in [0.3, 0.4) is 0 Å². The van der Waals surface area contributed by atoms with Gasteiger partial charge in [-0.1, -0.05) is 31.0 Å². The second-order valence-electron chi connectivity index (χ2n) is 7.56. The van der Waals surface area contributed by atoms with Crippen molar-refractivity contribution in [2.24, 2.45) is 0 Å². The number of benzene rings is 1. The number of methoxy groups -OCH3 is 1. The topological polar surface area (TPSA) is 46.8 Å². The largest absolute Gasteiger partial charge is 0.497 e. The van der Waals surface area contributed by atoms with E-state index in [1.165, 1.54) is 24.8 Å². The fourth-order valence-corrected chi connectivity index (χ4v) is 4.21. The SMILES string of the molecule is COc1ccc(C2CCCCCN2Cc2cc(=O)n3c(C)cccc3n2)cc1. The smallest absolute Gasteiger partial charge is 0.258 e. The van der Waals surface area contributed by atoms with E-state index in [1.54, 1.807) is 17.6 Å².